The second-order valence-corrected chi connectivity index (χ2v) is 8.66. The highest BCUT2D eigenvalue weighted by Gasteiger charge is 2.14. The molecule has 2 N–H and O–H groups in total. The zero-order valence-electron chi connectivity index (χ0n) is 15.1. The summed E-state index contributed by atoms with van der Waals surface area (Å²) < 4.78 is 35.1. The Morgan fingerprint density at radius 2 is 1.81 bits per heavy atom. The third-order valence-corrected chi connectivity index (χ3v) is 5.47. The molecule has 0 saturated heterocycles. The summed E-state index contributed by atoms with van der Waals surface area (Å²) in [4.78, 5) is 14.0. The van der Waals surface area contributed by atoms with E-state index in [0.717, 1.165) is 16.7 Å². The highest BCUT2D eigenvalue weighted by molar-refractivity contribution is 7.88. The standard InChI is InChI=1S/C17H22N2O5S2/c1-11-9-14(23-2)15(24-3)10-13(11)19-17(20)16-6-5-12(25-16)7-8-18-26(4,21)22/h5-6,9-10,18H,7-8H2,1-4H3,(H,19,20). The predicted molar refractivity (Wildman–Crippen MR) is 103 cm³/mol. The second-order valence-electron chi connectivity index (χ2n) is 5.66. The maximum Gasteiger partial charge on any atom is 0.265 e. The van der Waals surface area contributed by atoms with Crippen molar-refractivity contribution in [2.24, 2.45) is 0 Å². The van der Waals surface area contributed by atoms with E-state index in [-0.39, 0.29) is 5.91 Å². The van der Waals surface area contributed by atoms with Gasteiger partial charge in [0.2, 0.25) is 10.0 Å². The zero-order valence-corrected chi connectivity index (χ0v) is 16.7. The number of anilines is 1. The van der Waals surface area contributed by atoms with E-state index in [9.17, 15) is 13.2 Å². The topological polar surface area (TPSA) is 93.7 Å². The van der Waals surface area contributed by atoms with Crippen LogP contribution in [0.5, 0.6) is 11.5 Å². The molecule has 0 aliphatic rings. The molecule has 2 aromatic rings. The summed E-state index contributed by atoms with van der Waals surface area (Å²) in [5, 5.41) is 2.87. The van der Waals surface area contributed by atoms with Crippen molar-refractivity contribution in [2.45, 2.75) is 13.3 Å². The minimum atomic E-state index is -3.21. The first kappa shape index (κ1) is 20.2. The van der Waals surface area contributed by atoms with Crippen LogP contribution in [0.15, 0.2) is 24.3 Å². The molecule has 1 heterocycles. The lowest BCUT2D eigenvalue weighted by molar-refractivity contribution is 0.103. The molecule has 0 aliphatic heterocycles. The van der Waals surface area contributed by atoms with E-state index in [0.29, 0.717) is 35.0 Å². The maximum atomic E-state index is 12.5. The molecule has 9 heteroatoms. The summed E-state index contributed by atoms with van der Waals surface area (Å²) in [7, 11) is -0.115. The third-order valence-electron chi connectivity index (χ3n) is 3.60. The first-order valence-corrected chi connectivity index (χ1v) is 10.5. The monoisotopic (exact) mass is 398 g/mol. The Hall–Kier alpha value is -2.10. The van der Waals surface area contributed by atoms with Crippen LogP contribution in [0.2, 0.25) is 0 Å². The van der Waals surface area contributed by atoms with E-state index >= 15 is 0 Å². The van der Waals surface area contributed by atoms with Crippen molar-refractivity contribution in [1.29, 1.82) is 0 Å². The fraction of sp³-hybridized carbons (Fsp3) is 0.353. The zero-order chi connectivity index (χ0) is 19.3. The molecule has 0 radical (unpaired) electrons. The highest BCUT2D eigenvalue weighted by atomic mass is 32.2. The number of aryl methyl sites for hydroxylation is 1. The van der Waals surface area contributed by atoms with Crippen molar-refractivity contribution in [3.8, 4) is 11.5 Å². The third kappa shape index (κ3) is 5.45. The number of carbonyl (C=O) groups excluding carboxylic acids is 1. The summed E-state index contributed by atoms with van der Waals surface area (Å²) in [5.41, 5.74) is 1.49. The normalized spacial score (nSPS) is 11.2. The van der Waals surface area contributed by atoms with Gasteiger partial charge in [0, 0.05) is 23.2 Å². The number of thiophene rings is 1. The van der Waals surface area contributed by atoms with E-state index < -0.39 is 10.0 Å². The Labute approximate surface area is 157 Å². The number of methoxy groups -OCH3 is 2. The molecule has 1 aromatic heterocycles. The van der Waals surface area contributed by atoms with Crippen LogP contribution in [-0.4, -0.2) is 41.3 Å². The molecule has 1 amide bonds. The van der Waals surface area contributed by atoms with E-state index in [1.165, 1.54) is 18.4 Å². The lowest BCUT2D eigenvalue weighted by Crippen LogP contribution is -2.24. The molecular weight excluding hydrogens is 376 g/mol. The number of nitrogens with one attached hydrogen (secondary N) is 2. The fourth-order valence-electron chi connectivity index (χ4n) is 2.29. The summed E-state index contributed by atoms with van der Waals surface area (Å²) >= 11 is 1.33. The maximum absolute atomic E-state index is 12.5. The van der Waals surface area contributed by atoms with Crippen LogP contribution in [0.1, 0.15) is 20.1 Å². The van der Waals surface area contributed by atoms with Crippen molar-refractivity contribution in [2.75, 3.05) is 32.3 Å². The number of hydrogen-bond donors (Lipinski definition) is 2. The summed E-state index contributed by atoms with van der Waals surface area (Å²) in [6, 6.07) is 7.07. The molecule has 1 aromatic carbocycles. The number of benzene rings is 1. The SMILES string of the molecule is COc1cc(C)c(NC(=O)c2ccc(CCNS(C)(=O)=O)s2)cc1OC. The number of sulfonamides is 1. The van der Waals surface area contributed by atoms with Gasteiger partial charge in [-0.3, -0.25) is 4.79 Å². The summed E-state index contributed by atoms with van der Waals surface area (Å²) in [6.45, 7) is 2.17. The van der Waals surface area contributed by atoms with Crippen LogP contribution in [-0.2, 0) is 16.4 Å². The lowest BCUT2D eigenvalue weighted by Gasteiger charge is -2.13. The van der Waals surface area contributed by atoms with E-state index in [1.54, 1.807) is 25.3 Å². The largest absolute Gasteiger partial charge is 0.493 e. The molecule has 0 fully saturated rings. The Morgan fingerprint density at radius 1 is 1.15 bits per heavy atom. The lowest BCUT2D eigenvalue weighted by atomic mass is 10.1. The molecule has 142 valence electrons. The van der Waals surface area contributed by atoms with Gasteiger partial charge in [-0.25, -0.2) is 13.1 Å². The van der Waals surface area contributed by atoms with Crippen LogP contribution in [0.25, 0.3) is 0 Å². The molecule has 0 aliphatic carbocycles. The Kier molecular flexibility index (Phi) is 6.63. The Balaban J connectivity index is 2.06. The van der Waals surface area contributed by atoms with Gasteiger partial charge in [-0.1, -0.05) is 0 Å². The predicted octanol–water partition coefficient (Wildman–Crippen LogP) is 2.42. The molecule has 0 spiro atoms. The van der Waals surface area contributed by atoms with E-state index in [4.69, 9.17) is 9.47 Å². The van der Waals surface area contributed by atoms with E-state index in [1.807, 2.05) is 13.0 Å². The van der Waals surface area contributed by atoms with Crippen LogP contribution in [0.4, 0.5) is 5.69 Å². The second kappa shape index (κ2) is 8.52. The summed E-state index contributed by atoms with van der Waals surface area (Å²) in [5.74, 6) is 0.902. The first-order valence-electron chi connectivity index (χ1n) is 7.81. The average Bonchev–Trinajstić information content (AvgIpc) is 3.04. The fourth-order valence-corrected chi connectivity index (χ4v) is 3.67. The van der Waals surface area contributed by atoms with Gasteiger partial charge in [0.25, 0.3) is 5.91 Å². The van der Waals surface area contributed by atoms with Crippen molar-refractivity contribution in [1.82, 2.24) is 4.72 Å². The van der Waals surface area contributed by atoms with Crippen LogP contribution >= 0.6 is 11.3 Å². The minimum absolute atomic E-state index is 0.229. The first-order chi connectivity index (χ1) is 12.2. The molecule has 0 atom stereocenters. The number of amides is 1. The number of carbonyl (C=O) groups is 1. The van der Waals surface area contributed by atoms with Crippen LogP contribution in [0, 0.1) is 6.92 Å². The Morgan fingerprint density at radius 3 is 2.42 bits per heavy atom. The smallest absolute Gasteiger partial charge is 0.265 e. The van der Waals surface area contributed by atoms with Crippen LogP contribution in [0.3, 0.4) is 0 Å². The minimum Gasteiger partial charge on any atom is -0.493 e. The molecule has 0 saturated carbocycles. The molecule has 0 unspecified atom stereocenters. The van der Waals surface area contributed by atoms with Gasteiger partial charge in [0.15, 0.2) is 11.5 Å². The molecule has 0 bridgehead atoms. The molecule has 7 nitrogen and oxygen atoms in total. The van der Waals surface area contributed by atoms with E-state index in [2.05, 4.69) is 10.0 Å². The Bertz CT molecular complexity index is 891. The number of rotatable bonds is 8. The average molecular weight is 399 g/mol. The number of hydrogen-bond acceptors (Lipinski definition) is 6. The van der Waals surface area contributed by atoms with Crippen LogP contribution < -0.4 is 19.5 Å². The van der Waals surface area contributed by atoms with Gasteiger partial charge in [-0.2, -0.15) is 0 Å². The van der Waals surface area contributed by atoms with Gasteiger partial charge >= 0.3 is 0 Å². The van der Waals surface area contributed by atoms with Gasteiger partial charge in [0.05, 0.1) is 25.4 Å². The number of ether oxygens (including phenoxy) is 2. The van der Waals surface area contributed by atoms with Crippen molar-refractivity contribution < 1.29 is 22.7 Å². The van der Waals surface area contributed by atoms with Gasteiger partial charge < -0.3 is 14.8 Å². The molecule has 2 rings (SSSR count). The van der Waals surface area contributed by atoms with Crippen molar-refractivity contribution in [3.63, 3.8) is 0 Å². The quantitative estimate of drug-likeness (QED) is 0.712. The van der Waals surface area contributed by atoms with Crippen molar-refractivity contribution >= 4 is 33.0 Å². The van der Waals surface area contributed by atoms with Gasteiger partial charge in [0.1, 0.15) is 0 Å². The highest BCUT2D eigenvalue weighted by Crippen LogP contribution is 2.33. The molecule has 26 heavy (non-hydrogen) atoms. The summed E-state index contributed by atoms with van der Waals surface area (Å²) in [6.07, 6.45) is 1.65. The van der Waals surface area contributed by atoms with Gasteiger partial charge in [-0.15, -0.1) is 11.3 Å². The molecular formula is C17H22N2O5S2. The van der Waals surface area contributed by atoms with Crippen molar-refractivity contribution in [3.05, 3.63) is 39.6 Å². The van der Waals surface area contributed by atoms with Gasteiger partial charge in [-0.05, 0) is 37.1 Å².